The number of fused-ring (bicyclic) bond motifs is 13. The van der Waals surface area contributed by atoms with Crippen molar-refractivity contribution in [3.63, 3.8) is 0 Å². The number of para-hydroxylation sites is 2. The summed E-state index contributed by atoms with van der Waals surface area (Å²) >= 11 is 0. The number of rotatable bonds is 2. The third kappa shape index (κ3) is 2.18. The molecule has 2 bridgehead atoms. The van der Waals surface area contributed by atoms with Gasteiger partial charge in [-0.05, 0) is 24.6 Å². The quantitative estimate of drug-likeness (QED) is 0.360. The summed E-state index contributed by atoms with van der Waals surface area (Å²) in [6.07, 6.45) is 2.26. The van der Waals surface area contributed by atoms with Crippen LogP contribution in [0.25, 0.3) is 43.6 Å². The second kappa shape index (κ2) is 6.75. The number of hydrogen-bond acceptors (Lipinski definition) is 4. The zero-order valence-corrected chi connectivity index (χ0v) is 20.4. The molecule has 2 aromatic heterocycles. The van der Waals surface area contributed by atoms with E-state index in [1.165, 1.54) is 0 Å². The second-order valence-electron chi connectivity index (χ2n) is 10.3. The van der Waals surface area contributed by atoms with Crippen LogP contribution in [0.15, 0.2) is 53.5 Å². The smallest absolute Gasteiger partial charge is 0.252 e. The van der Waals surface area contributed by atoms with Gasteiger partial charge < -0.3 is 28.9 Å². The molecule has 0 saturated carbocycles. The molecule has 1 fully saturated rings. The third-order valence-electron chi connectivity index (χ3n) is 8.61. The van der Waals surface area contributed by atoms with E-state index in [4.69, 9.17) is 9.47 Å². The van der Waals surface area contributed by atoms with Gasteiger partial charge in [0.2, 0.25) is 0 Å². The lowest BCUT2D eigenvalue weighted by atomic mass is 9.87. The Morgan fingerprint density at radius 2 is 1.81 bits per heavy atom. The fourth-order valence-electron chi connectivity index (χ4n) is 7.45. The Hall–Kier alpha value is -3.68. The summed E-state index contributed by atoms with van der Waals surface area (Å²) in [7, 11) is 3.58. The molecule has 8 rings (SSSR count). The first-order valence-corrected chi connectivity index (χ1v) is 12.5. The van der Waals surface area contributed by atoms with Crippen molar-refractivity contribution in [3.8, 4) is 0 Å². The van der Waals surface area contributed by atoms with E-state index in [1.54, 1.807) is 7.11 Å². The largest absolute Gasteiger partial charge is 0.376 e. The Balaban J connectivity index is 1.70. The second-order valence-corrected chi connectivity index (χ2v) is 10.3. The first-order chi connectivity index (χ1) is 17.6. The lowest BCUT2D eigenvalue weighted by Gasteiger charge is -2.47. The highest BCUT2D eigenvalue weighted by atomic mass is 16.6. The number of aliphatic imine (C=N–C) groups is 1. The molecule has 36 heavy (non-hydrogen) atoms. The number of benzene rings is 3. The molecular formula is C29H26N4O3. The minimum atomic E-state index is -0.789. The van der Waals surface area contributed by atoms with Crippen LogP contribution in [0.5, 0.6) is 0 Å². The molecule has 7 heteroatoms. The lowest BCUT2D eigenvalue weighted by molar-refractivity contribution is -0.256. The Kier molecular flexibility index (Phi) is 3.84. The molecule has 180 valence electrons. The van der Waals surface area contributed by atoms with Gasteiger partial charge in [0.25, 0.3) is 5.91 Å². The average Bonchev–Trinajstić information content (AvgIpc) is 3.52. The monoisotopic (exact) mass is 478 g/mol. The van der Waals surface area contributed by atoms with Crippen LogP contribution in [0.2, 0.25) is 0 Å². The maximum Gasteiger partial charge on any atom is 0.252 e. The number of hydrogen-bond donors (Lipinski definition) is 1. The van der Waals surface area contributed by atoms with Crippen molar-refractivity contribution in [1.29, 1.82) is 0 Å². The normalized spacial score (nSPS) is 27.1. The summed E-state index contributed by atoms with van der Waals surface area (Å²) in [6.45, 7) is 2.67. The third-order valence-corrected chi connectivity index (χ3v) is 8.61. The van der Waals surface area contributed by atoms with Gasteiger partial charge in [0.1, 0.15) is 12.3 Å². The van der Waals surface area contributed by atoms with Gasteiger partial charge in [-0.1, -0.05) is 36.4 Å². The number of methoxy groups -OCH3 is 1. The van der Waals surface area contributed by atoms with Gasteiger partial charge >= 0.3 is 0 Å². The van der Waals surface area contributed by atoms with E-state index >= 15 is 0 Å². The van der Waals surface area contributed by atoms with Crippen LogP contribution in [0.3, 0.4) is 0 Å². The first-order valence-electron chi connectivity index (χ1n) is 12.5. The Morgan fingerprint density at radius 3 is 2.56 bits per heavy atom. The van der Waals surface area contributed by atoms with E-state index in [0.717, 1.165) is 61.2 Å². The Labute approximate surface area is 207 Å². The van der Waals surface area contributed by atoms with E-state index in [-0.39, 0.29) is 24.2 Å². The summed E-state index contributed by atoms with van der Waals surface area (Å²) in [4.78, 5) is 17.8. The highest BCUT2D eigenvalue weighted by Crippen LogP contribution is 2.54. The predicted octanol–water partition coefficient (Wildman–Crippen LogP) is 5.08. The number of carbonyl (C=O) groups excluding carboxylic acids is 1. The van der Waals surface area contributed by atoms with Gasteiger partial charge in [0.15, 0.2) is 5.72 Å². The number of carbonyl (C=O) groups is 1. The minimum Gasteiger partial charge on any atom is -0.376 e. The van der Waals surface area contributed by atoms with Crippen molar-refractivity contribution in [1.82, 2.24) is 14.5 Å². The van der Waals surface area contributed by atoms with Crippen molar-refractivity contribution in [2.45, 2.75) is 37.9 Å². The average molecular weight is 479 g/mol. The van der Waals surface area contributed by atoms with Crippen molar-refractivity contribution in [2.75, 3.05) is 14.2 Å². The van der Waals surface area contributed by atoms with Crippen LogP contribution in [0.1, 0.15) is 35.5 Å². The predicted molar refractivity (Wildman–Crippen MR) is 141 cm³/mol. The molecule has 5 aromatic rings. The Morgan fingerprint density at radius 1 is 1.08 bits per heavy atom. The fourth-order valence-corrected chi connectivity index (χ4v) is 7.45. The molecule has 1 N–H and O–H groups in total. The van der Waals surface area contributed by atoms with E-state index in [2.05, 4.69) is 74.9 Å². The van der Waals surface area contributed by atoms with E-state index in [0.29, 0.717) is 6.54 Å². The van der Waals surface area contributed by atoms with Gasteiger partial charge in [-0.25, -0.2) is 0 Å². The van der Waals surface area contributed by atoms with Crippen molar-refractivity contribution in [2.24, 2.45) is 10.9 Å². The molecular weight excluding hydrogens is 452 g/mol. The molecule has 1 amide bonds. The van der Waals surface area contributed by atoms with E-state index in [9.17, 15) is 4.79 Å². The summed E-state index contributed by atoms with van der Waals surface area (Å²) in [5, 5.41) is 7.48. The summed E-state index contributed by atoms with van der Waals surface area (Å²) in [6, 6.07) is 16.8. The van der Waals surface area contributed by atoms with Gasteiger partial charge in [0, 0.05) is 60.8 Å². The fraction of sp³-hybridized carbons (Fsp3) is 0.310. The first kappa shape index (κ1) is 20.5. The standard InChI is InChI=1S/C29H26N4O3/c1-29-27(35-3)15(13-30-2)12-21(36-29)32-19-10-6-4-8-16(19)23-24-18(14-31-28(24)34)22-17-9-5-7-11-20(17)33(29)26(22)25(23)32/h4-11,13,15,21,27H,12,14H2,1-3H3,(H,31,34)/t15?,21-,27-,29+/m0/s1. The molecule has 3 aliphatic heterocycles. The number of aromatic nitrogens is 2. The SMILES string of the molecule is CN=CC1C[C@@H]2O[C@](C)([C@H]1OC)n1c3ccccc3c3c4c(c5c6ccccc6n2c5c31)C(=O)NC4. The van der Waals surface area contributed by atoms with Crippen LogP contribution in [0, 0.1) is 5.92 Å². The lowest BCUT2D eigenvalue weighted by Crippen LogP contribution is -2.54. The highest BCUT2D eigenvalue weighted by molar-refractivity contribution is 6.31. The van der Waals surface area contributed by atoms with Gasteiger partial charge in [-0.3, -0.25) is 4.79 Å². The van der Waals surface area contributed by atoms with Gasteiger partial charge in [0.05, 0.1) is 27.6 Å². The van der Waals surface area contributed by atoms with Crippen LogP contribution in [-0.2, 0) is 21.7 Å². The number of amides is 1. The van der Waals surface area contributed by atoms with Crippen molar-refractivity contribution in [3.05, 3.63) is 59.7 Å². The molecule has 4 atom stereocenters. The maximum atomic E-state index is 13.4. The van der Waals surface area contributed by atoms with Gasteiger partial charge in [-0.15, -0.1) is 0 Å². The van der Waals surface area contributed by atoms with Crippen molar-refractivity contribution < 1.29 is 14.3 Å². The summed E-state index contributed by atoms with van der Waals surface area (Å²) in [5.41, 5.74) is 5.42. The zero-order valence-electron chi connectivity index (χ0n) is 20.4. The van der Waals surface area contributed by atoms with E-state index in [1.807, 2.05) is 13.3 Å². The molecule has 3 aliphatic rings. The topological polar surface area (TPSA) is 69.8 Å². The number of nitrogens with one attached hydrogen (secondary N) is 1. The molecule has 0 spiro atoms. The molecule has 1 saturated heterocycles. The molecule has 0 aliphatic carbocycles. The van der Waals surface area contributed by atoms with Crippen LogP contribution in [-0.4, -0.2) is 41.5 Å². The summed E-state index contributed by atoms with van der Waals surface area (Å²) in [5.74, 6) is 0.0531. The molecule has 3 aromatic carbocycles. The molecule has 5 heterocycles. The van der Waals surface area contributed by atoms with Crippen molar-refractivity contribution >= 4 is 55.7 Å². The molecule has 0 radical (unpaired) electrons. The van der Waals surface area contributed by atoms with Crippen LogP contribution in [0.4, 0.5) is 0 Å². The maximum absolute atomic E-state index is 13.4. The Bertz CT molecular complexity index is 1810. The number of ether oxygens (including phenoxy) is 2. The number of nitrogens with zero attached hydrogens (tertiary/aromatic N) is 3. The molecule has 7 nitrogen and oxygen atoms in total. The molecule has 1 unspecified atom stereocenters. The minimum absolute atomic E-state index is 0.00301. The summed E-state index contributed by atoms with van der Waals surface area (Å²) < 4.78 is 18.0. The van der Waals surface area contributed by atoms with Gasteiger partial charge in [-0.2, -0.15) is 0 Å². The highest BCUT2D eigenvalue weighted by Gasteiger charge is 2.52. The van der Waals surface area contributed by atoms with E-state index < -0.39 is 5.72 Å². The van der Waals surface area contributed by atoms with Crippen LogP contribution < -0.4 is 5.32 Å². The zero-order chi connectivity index (χ0) is 24.3. The van der Waals surface area contributed by atoms with Crippen LogP contribution >= 0.6 is 0 Å².